The molecule has 0 aliphatic heterocycles. The molecule has 0 spiro atoms. The Hall–Kier alpha value is -9.64. The molecule has 4 aromatic heterocycles. The molecule has 352 valence electrons. The molecule has 0 atom stereocenters. The fourth-order valence-electron chi connectivity index (χ4n) is 7.14. The molecule has 0 fully saturated rings. The number of fused-ring (bicyclic) bond motifs is 6. The zero-order valence-corrected chi connectivity index (χ0v) is 40.3. The van der Waals surface area contributed by atoms with Crippen LogP contribution in [0.1, 0.15) is 62.1 Å². The summed E-state index contributed by atoms with van der Waals surface area (Å²) in [4.78, 5) is 83.0. The summed E-state index contributed by atoms with van der Waals surface area (Å²) in [5, 5.41) is 62.1. The number of hydrogen-bond acceptors (Lipinski definition) is 12. The number of carbonyl (C=O) groups is 6. The average molecular weight is 1010 g/mol. The van der Waals surface area contributed by atoms with E-state index in [1.54, 1.807) is 24.8 Å². The molecule has 0 bridgehead atoms. The van der Waals surface area contributed by atoms with Crippen LogP contribution in [0.25, 0.3) is 65.9 Å². The summed E-state index contributed by atoms with van der Waals surface area (Å²) in [5.41, 5.74) is 4.67. The average Bonchev–Trinajstić information content (AvgIpc) is 3.38. The number of benzene rings is 6. The number of aromatic nitrogens is 4. The number of carbonyl (C=O) groups excluding carboxylic acids is 2. The van der Waals surface area contributed by atoms with E-state index in [0.29, 0.717) is 16.7 Å². The largest absolute Gasteiger partial charge is 2.00 e. The van der Waals surface area contributed by atoms with Gasteiger partial charge in [0.25, 0.3) is 0 Å². The molecule has 10 rings (SSSR count). The van der Waals surface area contributed by atoms with Gasteiger partial charge in [-0.05, 0) is 94.5 Å². The maximum atomic E-state index is 11.2. The van der Waals surface area contributed by atoms with Crippen LogP contribution in [0.2, 0.25) is 0 Å². The van der Waals surface area contributed by atoms with Crippen LogP contribution in [0.4, 0.5) is 0 Å². The molecule has 72 heavy (non-hydrogen) atoms. The predicted molar refractivity (Wildman–Crippen MR) is 258 cm³/mol. The minimum absolute atomic E-state index is 0. The molecule has 0 saturated heterocycles. The Morgan fingerprint density at radius 3 is 0.958 bits per heavy atom. The van der Waals surface area contributed by atoms with Crippen molar-refractivity contribution in [3.8, 4) is 22.3 Å². The van der Waals surface area contributed by atoms with Gasteiger partial charge in [0.1, 0.15) is 0 Å². The maximum Gasteiger partial charge on any atom is 2.00 e. The van der Waals surface area contributed by atoms with Crippen molar-refractivity contribution in [2.45, 2.75) is 0 Å². The summed E-state index contributed by atoms with van der Waals surface area (Å²) >= 11 is 0. The summed E-state index contributed by atoms with van der Waals surface area (Å²) in [6.07, 6.45) is 7.21. The van der Waals surface area contributed by atoms with Crippen LogP contribution in [0, 0.1) is 0 Å². The van der Waals surface area contributed by atoms with Gasteiger partial charge in [0.05, 0.1) is 56.3 Å². The van der Waals surface area contributed by atoms with E-state index in [0.717, 1.165) is 55.7 Å². The molecule has 6 aromatic carbocycles. The Labute approximate surface area is 420 Å². The molecule has 6 N–H and O–H groups in total. The van der Waals surface area contributed by atoms with Crippen molar-refractivity contribution in [3.63, 3.8) is 0 Å². The van der Waals surface area contributed by atoms with E-state index in [1.165, 1.54) is 72.8 Å². The van der Waals surface area contributed by atoms with Crippen molar-refractivity contribution >= 4 is 79.4 Å². The van der Waals surface area contributed by atoms with Crippen molar-refractivity contribution < 1.29 is 84.4 Å². The van der Waals surface area contributed by atoms with E-state index >= 15 is 0 Å². The number of rotatable bonds is 8. The van der Waals surface area contributed by atoms with E-state index < -0.39 is 35.8 Å². The first kappa shape index (κ1) is 53.3. The zero-order chi connectivity index (χ0) is 49.9. The molecule has 18 heteroatoms. The van der Waals surface area contributed by atoms with E-state index in [1.807, 2.05) is 24.3 Å². The van der Waals surface area contributed by atoms with E-state index in [9.17, 15) is 39.0 Å². The molecule has 0 aliphatic rings. The Morgan fingerprint density at radius 1 is 0.347 bits per heavy atom. The predicted octanol–water partition coefficient (Wildman–Crippen LogP) is 6.97. The quantitative estimate of drug-likeness (QED) is 0.0882. The second-order valence-electron chi connectivity index (χ2n) is 14.9. The maximum absolute atomic E-state index is 11.2. The van der Waals surface area contributed by atoms with Crippen molar-refractivity contribution in [3.05, 3.63) is 216 Å². The fourth-order valence-corrected chi connectivity index (χ4v) is 7.14. The van der Waals surface area contributed by atoms with Crippen LogP contribution < -0.4 is 10.2 Å². The Balaban J connectivity index is 0.000000179. The summed E-state index contributed by atoms with van der Waals surface area (Å²) in [7, 11) is 0. The van der Waals surface area contributed by atoms with E-state index in [2.05, 4.69) is 68.5 Å². The van der Waals surface area contributed by atoms with Gasteiger partial charge in [-0.25, -0.2) is 19.2 Å². The molecule has 17 nitrogen and oxygen atoms in total. The van der Waals surface area contributed by atoms with Crippen LogP contribution in [0.5, 0.6) is 0 Å². The molecular weight excluding hydrogens is 978 g/mol. The number of hydrogen-bond donors (Lipinski definition) is 4. The normalized spacial score (nSPS) is 10.1. The van der Waals surface area contributed by atoms with Crippen LogP contribution in [0.15, 0.2) is 183 Å². The standard InChI is InChI=1S/2C15H10O6.2C12H8N2.H2O.Zn/c2*16-13(17)9-3-1-8(2-4-9)11-6-5-10(14(18)19)7-12(11)15(20)21;2*1-3-9-5-6-10-4-2-8-14-12(10)11(9)13-7-1;;/h2*1-7H,(H,16,17)(H,18,19)(H,20,21);2*1-8H;1H2;/q;;;;;+2/p-2. The number of nitrogens with zero attached hydrogens (tertiary/aromatic N) is 4. The van der Waals surface area contributed by atoms with E-state index in [4.69, 9.17) is 20.4 Å². The molecule has 10 aromatic rings. The molecule has 0 unspecified atom stereocenters. The van der Waals surface area contributed by atoms with Gasteiger partial charge in [-0.2, -0.15) is 0 Å². The van der Waals surface area contributed by atoms with Gasteiger partial charge >= 0.3 is 43.4 Å². The first-order valence-electron chi connectivity index (χ1n) is 20.7. The first-order chi connectivity index (χ1) is 33.7. The zero-order valence-electron chi connectivity index (χ0n) is 37.4. The Bertz CT molecular complexity index is 3300. The van der Waals surface area contributed by atoms with Gasteiger partial charge < -0.3 is 45.7 Å². The van der Waals surface area contributed by atoms with Crippen molar-refractivity contribution in [2.24, 2.45) is 0 Å². The minimum atomic E-state index is -1.50. The van der Waals surface area contributed by atoms with Crippen LogP contribution in [-0.4, -0.2) is 81.7 Å². The number of pyridine rings is 4. The molecule has 0 amide bonds. The van der Waals surface area contributed by atoms with Gasteiger partial charge in [0.15, 0.2) is 0 Å². The molecule has 0 radical (unpaired) electrons. The van der Waals surface area contributed by atoms with Crippen molar-refractivity contribution in [1.29, 1.82) is 0 Å². The number of aromatic carboxylic acids is 6. The summed E-state index contributed by atoms with van der Waals surface area (Å²) in [5.74, 6) is -7.68. The third-order valence-corrected chi connectivity index (χ3v) is 10.5. The van der Waals surface area contributed by atoms with Gasteiger partial charge in [-0.15, -0.1) is 0 Å². The second kappa shape index (κ2) is 24.1. The van der Waals surface area contributed by atoms with E-state index in [-0.39, 0.29) is 63.9 Å². The van der Waals surface area contributed by atoms with Crippen LogP contribution in [-0.2, 0) is 19.5 Å². The summed E-state index contributed by atoms with van der Waals surface area (Å²) in [6.45, 7) is 0. The van der Waals surface area contributed by atoms with Gasteiger partial charge in [-0.3, -0.25) is 19.9 Å². The third kappa shape index (κ3) is 12.5. The van der Waals surface area contributed by atoms with Crippen LogP contribution in [0.3, 0.4) is 0 Å². The van der Waals surface area contributed by atoms with Crippen molar-refractivity contribution in [2.75, 3.05) is 0 Å². The number of carboxylic acid groups (broad SMARTS) is 6. The Kier molecular flexibility index (Phi) is 17.8. The first-order valence-corrected chi connectivity index (χ1v) is 20.7. The van der Waals surface area contributed by atoms with Gasteiger partial charge in [-0.1, -0.05) is 91.0 Å². The smallest absolute Gasteiger partial charge is 0.545 e. The van der Waals surface area contributed by atoms with Gasteiger partial charge in [0.2, 0.25) is 0 Å². The molecular formula is C54H36N4O13Zn. The second-order valence-corrected chi connectivity index (χ2v) is 14.9. The van der Waals surface area contributed by atoms with Crippen LogP contribution >= 0.6 is 0 Å². The SMILES string of the molecule is O.O=C(O)c1ccc(-c2ccc(C(=O)O)cc2C(=O)[O-])cc1.O=C([O-])c1ccc(-c2ccc(C(=O)O)cc2)c(C(=O)O)c1.[Zn+2].c1cnc2c(c1)ccc1cccnc12.c1cnc2c(c1)ccc1cccnc12. The van der Waals surface area contributed by atoms with Crippen molar-refractivity contribution in [1.82, 2.24) is 19.9 Å². The molecule has 4 heterocycles. The van der Waals surface area contributed by atoms with Gasteiger partial charge in [0, 0.05) is 51.9 Å². The summed E-state index contributed by atoms with van der Waals surface area (Å²) < 4.78 is 0. The molecule has 0 aliphatic carbocycles. The molecule has 0 saturated carbocycles. The number of carboxylic acids is 6. The Morgan fingerprint density at radius 2 is 0.653 bits per heavy atom. The summed E-state index contributed by atoms with van der Waals surface area (Å²) in [6, 6.07) is 42.7. The third-order valence-electron chi connectivity index (χ3n) is 10.5. The minimum Gasteiger partial charge on any atom is -0.545 e. The fraction of sp³-hybridized carbons (Fsp3) is 0. The monoisotopic (exact) mass is 1010 g/mol. The topological polar surface area (TPSA) is 313 Å².